The first-order valence-electron chi connectivity index (χ1n) is 15.2. The lowest BCUT2D eigenvalue weighted by Crippen LogP contribution is -2.23. The molecule has 0 N–H and O–H groups in total. The maximum atomic E-state index is 13.5. The molecule has 0 radical (unpaired) electrons. The molecule has 0 atom stereocenters. The molecule has 6 rings (SSSR count). The highest BCUT2D eigenvalue weighted by atomic mass is 32.1. The van der Waals surface area contributed by atoms with Crippen molar-refractivity contribution < 1.29 is 9.47 Å². The summed E-state index contributed by atoms with van der Waals surface area (Å²) in [6, 6.07) is 25.6. The Balaban J connectivity index is 1.30. The maximum Gasteiger partial charge on any atom is 0.291 e. The van der Waals surface area contributed by atoms with Crippen LogP contribution in [-0.2, 0) is 0 Å². The van der Waals surface area contributed by atoms with Crippen molar-refractivity contribution in [3.05, 3.63) is 106 Å². The molecule has 0 spiro atoms. The van der Waals surface area contributed by atoms with Gasteiger partial charge in [-0.05, 0) is 79.6 Å². The van der Waals surface area contributed by atoms with Gasteiger partial charge in [0, 0.05) is 22.9 Å². The fraction of sp³-hybridized carbons (Fsp3) is 0.257. The van der Waals surface area contributed by atoms with Crippen LogP contribution in [0.1, 0.15) is 51.5 Å². The molecule has 0 fully saturated rings. The lowest BCUT2D eigenvalue weighted by molar-refractivity contribution is 0.306. The van der Waals surface area contributed by atoms with E-state index in [0.717, 1.165) is 71.7 Å². The first kappa shape index (κ1) is 29.3. The number of thiazole rings is 1. The molecule has 0 amide bonds. The van der Waals surface area contributed by atoms with Crippen LogP contribution >= 0.6 is 11.3 Å². The number of hydrogen-bond acceptors (Lipinski definition) is 7. The van der Waals surface area contributed by atoms with Crippen LogP contribution < -0.4 is 19.6 Å². The second-order valence-corrected chi connectivity index (χ2v) is 11.6. The van der Waals surface area contributed by atoms with Crippen molar-refractivity contribution in [3.8, 4) is 39.8 Å². The molecule has 0 bridgehead atoms. The molecule has 3 heterocycles. The number of nitrogens with zero attached hydrogens (tertiary/aromatic N) is 5. The molecular formula is C35H35N5O3S. The second-order valence-electron chi connectivity index (χ2n) is 10.6. The Labute approximate surface area is 260 Å². The Kier molecular flexibility index (Phi) is 9.12. The van der Waals surface area contributed by atoms with Crippen LogP contribution in [0.15, 0.2) is 89.9 Å². The summed E-state index contributed by atoms with van der Waals surface area (Å²) in [6.07, 6.45) is 9.28. The molecule has 9 heteroatoms. The summed E-state index contributed by atoms with van der Waals surface area (Å²) in [5, 5.41) is 9.45. The molecule has 3 aromatic heterocycles. The second kappa shape index (κ2) is 13.7. The van der Waals surface area contributed by atoms with Crippen molar-refractivity contribution in [2.24, 2.45) is 0 Å². The monoisotopic (exact) mass is 605 g/mol. The predicted octanol–water partition coefficient (Wildman–Crippen LogP) is 6.97. The first-order valence-corrected chi connectivity index (χ1v) is 16.0. The summed E-state index contributed by atoms with van der Waals surface area (Å²) in [5.74, 6) is 2.15. The smallest absolute Gasteiger partial charge is 0.291 e. The van der Waals surface area contributed by atoms with E-state index in [2.05, 4.69) is 23.9 Å². The molecule has 0 saturated heterocycles. The van der Waals surface area contributed by atoms with Gasteiger partial charge >= 0.3 is 0 Å². The average Bonchev–Trinajstić information content (AvgIpc) is 3.75. The lowest BCUT2D eigenvalue weighted by Gasteiger charge is -2.06. The zero-order chi connectivity index (χ0) is 30.3. The van der Waals surface area contributed by atoms with Crippen molar-refractivity contribution >= 4 is 22.4 Å². The fourth-order valence-corrected chi connectivity index (χ4v) is 5.71. The molecule has 6 aromatic rings. The molecule has 0 aliphatic heterocycles. The summed E-state index contributed by atoms with van der Waals surface area (Å²) in [4.78, 5) is 18.7. The van der Waals surface area contributed by atoms with Gasteiger partial charge in [0.05, 0.1) is 23.4 Å². The van der Waals surface area contributed by atoms with E-state index in [9.17, 15) is 4.79 Å². The van der Waals surface area contributed by atoms with Gasteiger partial charge in [-0.15, -0.1) is 5.10 Å². The topological polar surface area (TPSA) is 83.5 Å². The normalized spacial score (nSPS) is 11.8. The number of rotatable bonds is 13. The molecule has 0 aliphatic carbocycles. The summed E-state index contributed by atoms with van der Waals surface area (Å²) in [6.45, 7) is 5.72. The van der Waals surface area contributed by atoms with E-state index >= 15 is 0 Å². The van der Waals surface area contributed by atoms with Crippen LogP contribution in [-0.4, -0.2) is 37.6 Å². The van der Waals surface area contributed by atoms with Crippen molar-refractivity contribution in [3.63, 3.8) is 0 Å². The predicted molar refractivity (Wildman–Crippen MR) is 176 cm³/mol. The number of para-hydroxylation sites is 1. The van der Waals surface area contributed by atoms with E-state index in [0.29, 0.717) is 28.5 Å². The Morgan fingerprint density at radius 2 is 1.43 bits per heavy atom. The van der Waals surface area contributed by atoms with E-state index in [1.807, 2.05) is 95.8 Å². The minimum Gasteiger partial charge on any atom is -0.494 e. The van der Waals surface area contributed by atoms with Gasteiger partial charge in [-0.3, -0.25) is 4.79 Å². The zero-order valence-corrected chi connectivity index (χ0v) is 25.8. The third-order valence-corrected chi connectivity index (χ3v) is 8.21. The molecule has 3 aromatic carbocycles. The van der Waals surface area contributed by atoms with Crippen molar-refractivity contribution in [1.82, 2.24) is 24.4 Å². The fourth-order valence-electron chi connectivity index (χ4n) is 4.81. The molecule has 0 saturated carbocycles. The van der Waals surface area contributed by atoms with E-state index < -0.39 is 0 Å². The third kappa shape index (κ3) is 6.58. The Hall–Kier alpha value is -4.76. The highest BCUT2D eigenvalue weighted by Crippen LogP contribution is 2.27. The van der Waals surface area contributed by atoms with Crippen LogP contribution in [0, 0.1) is 0 Å². The Morgan fingerprint density at radius 3 is 2.09 bits per heavy atom. The van der Waals surface area contributed by atoms with Crippen LogP contribution in [0.5, 0.6) is 11.5 Å². The SMILES string of the molecule is CCCCCOc1ccc(-c2nc3s/c(=C/c4cn(-c5ccccc5)nc4-c4ccc(OCCCC)cc4)c(=O)n3n2)cc1. The average molecular weight is 606 g/mol. The van der Waals surface area contributed by atoms with Crippen molar-refractivity contribution in [2.75, 3.05) is 13.2 Å². The van der Waals surface area contributed by atoms with E-state index in [-0.39, 0.29) is 5.56 Å². The van der Waals surface area contributed by atoms with Crippen molar-refractivity contribution in [2.45, 2.75) is 46.0 Å². The number of aromatic nitrogens is 5. The number of benzene rings is 3. The molecule has 44 heavy (non-hydrogen) atoms. The Bertz CT molecular complexity index is 1930. The van der Waals surface area contributed by atoms with Gasteiger partial charge in [0.1, 0.15) is 17.2 Å². The standard InChI is InChI=1S/C35H35N5O3S/c1-3-5-10-22-43-30-19-15-26(16-20-30)33-36-35-40(38-33)34(41)31(44-35)23-27-24-39(28-11-8-7-9-12-28)37-32(27)25-13-17-29(18-14-25)42-21-6-4-2/h7-9,11-20,23-24H,3-6,10,21-22H2,1-2H3/b31-23+. The highest BCUT2D eigenvalue weighted by Gasteiger charge is 2.15. The zero-order valence-electron chi connectivity index (χ0n) is 25.0. The summed E-state index contributed by atoms with van der Waals surface area (Å²) in [5.41, 5.74) is 4.08. The van der Waals surface area contributed by atoms with Gasteiger partial charge in [0.25, 0.3) is 5.56 Å². The number of fused-ring (bicyclic) bond motifs is 1. The van der Waals surface area contributed by atoms with Gasteiger partial charge in [0.15, 0.2) is 5.82 Å². The number of ether oxygens (including phenoxy) is 2. The van der Waals surface area contributed by atoms with Crippen LogP contribution in [0.25, 0.3) is 39.4 Å². The van der Waals surface area contributed by atoms with Gasteiger partial charge < -0.3 is 9.47 Å². The minimum atomic E-state index is -0.210. The maximum absolute atomic E-state index is 13.5. The number of unbranched alkanes of at least 4 members (excludes halogenated alkanes) is 3. The molecular weight excluding hydrogens is 570 g/mol. The molecule has 8 nitrogen and oxygen atoms in total. The van der Waals surface area contributed by atoms with Gasteiger partial charge in [-0.1, -0.05) is 62.6 Å². The van der Waals surface area contributed by atoms with Gasteiger partial charge in [0.2, 0.25) is 4.96 Å². The van der Waals surface area contributed by atoms with Crippen LogP contribution in [0.2, 0.25) is 0 Å². The van der Waals surface area contributed by atoms with E-state index in [4.69, 9.17) is 14.6 Å². The minimum absolute atomic E-state index is 0.210. The summed E-state index contributed by atoms with van der Waals surface area (Å²) < 4.78 is 15.4. The highest BCUT2D eigenvalue weighted by molar-refractivity contribution is 7.15. The van der Waals surface area contributed by atoms with E-state index in [1.165, 1.54) is 15.9 Å². The Morgan fingerprint density at radius 1 is 0.773 bits per heavy atom. The largest absolute Gasteiger partial charge is 0.494 e. The lowest BCUT2D eigenvalue weighted by atomic mass is 10.1. The van der Waals surface area contributed by atoms with Gasteiger partial charge in [-0.25, -0.2) is 4.68 Å². The van der Waals surface area contributed by atoms with Crippen LogP contribution in [0.4, 0.5) is 0 Å². The summed E-state index contributed by atoms with van der Waals surface area (Å²) in [7, 11) is 0. The molecule has 224 valence electrons. The molecule has 0 aliphatic rings. The van der Waals surface area contributed by atoms with E-state index in [1.54, 1.807) is 0 Å². The third-order valence-electron chi connectivity index (χ3n) is 7.26. The molecule has 0 unspecified atom stereocenters. The quantitative estimate of drug-likeness (QED) is 0.132. The first-order chi connectivity index (χ1) is 21.6. The van der Waals surface area contributed by atoms with Gasteiger partial charge in [-0.2, -0.15) is 14.6 Å². The number of hydrogen-bond donors (Lipinski definition) is 0. The van der Waals surface area contributed by atoms with Crippen molar-refractivity contribution in [1.29, 1.82) is 0 Å². The van der Waals surface area contributed by atoms with Crippen LogP contribution in [0.3, 0.4) is 0 Å². The summed E-state index contributed by atoms with van der Waals surface area (Å²) >= 11 is 1.32.